The summed E-state index contributed by atoms with van der Waals surface area (Å²) in [6.45, 7) is 0. The summed E-state index contributed by atoms with van der Waals surface area (Å²) in [6, 6.07) is 16.5. The molecule has 0 aromatic heterocycles. The van der Waals surface area contributed by atoms with Crippen molar-refractivity contribution in [3.05, 3.63) is 59.7 Å². The molecule has 0 saturated heterocycles. The molecule has 19 heavy (non-hydrogen) atoms. The minimum atomic E-state index is 0.881. The maximum absolute atomic E-state index is 5.82. The lowest BCUT2D eigenvalue weighted by molar-refractivity contribution is 0.482. The zero-order valence-electron chi connectivity index (χ0n) is 10.6. The molecule has 2 rings (SSSR count). The molecule has 0 saturated carbocycles. The van der Waals surface area contributed by atoms with Crippen molar-refractivity contribution in [2.75, 3.05) is 10.7 Å². The molecular weight excluding hydrogens is 368 g/mol. The summed E-state index contributed by atoms with van der Waals surface area (Å²) in [4.78, 5) is 0. The van der Waals surface area contributed by atoms with Crippen molar-refractivity contribution in [1.29, 1.82) is 0 Å². The molecule has 0 aliphatic heterocycles. The van der Waals surface area contributed by atoms with Crippen molar-refractivity contribution in [1.82, 2.24) is 0 Å². The number of hydrogen-bond donors (Lipinski definition) is 0. The van der Waals surface area contributed by atoms with E-state index in [9.17, 15) is 0 Å². The number of benzene rings is 2. The summed E-state index contributed by atoms with van der Waals surface area (Å²) < 4.78 is 5.82. The third-order valence-electron chi connectivity index (χ3n) is 2.85. The molecule has 0 heterocycles. The van der Waals surface area contributed by atoms with Crippen molar-refractivity contribution in [3.8, 4) is 11.5 Å². The molecule has 0 unspecified atom stereocenters. The Balaban J connectivity index is 1.99. The molecule has 0 fully saturated rings. The minimum Gasteiger partial charge on any atom is -0.457 e. The van der Waals surface area contributed by atoms with Crippen LogP contribution >= 0.6 is 31.9 Å². The van der Waals surface area contributed by atoms with Crippen LogP contribution in [0.2, 0.25) is 0 Å². The van der Waals surface area contributed by atoms with Gasteiger partial charge in [-0.25, -0.2) is 0 Å². The van der Waals surface area contributed by atoms with Crippen LogP contribution in [0.1, 0.15) is 11.1 Å². The lowest BCUT2D eigenvalue weighted by atomic mass is 10.1. The van der Waals surface area contributed by atoms with Gasteiger partial charge in [0.1, 0.15) is 11.5 Å². The third kappa shape index (κ3) is 4.66. The number of halogens is 2. The van der Waals surface area contributed by atoms with Crippen LogP contribution in [0.5, 0.6) is 11.5 Å². The number of hydrogen-bond acceptors (Lipinski definition) is 1. The Bertz CT molecular complexity index is 444. The predicted molar refractivity (Wildman–Crippen MR) is 88.0 cm³/mol. The summed E-state index contributed by atoms with van der Waals surface area (Å²) in [5.74, 6) is 1.76. The lowest BCUT2D eigenvalue weighted by Gasteiger charge is -2.07. The standard InChI is InChI=1S/C16H16Br2O/c17-11-9-13-1-5-15(6-2-13)19-16-7-3-14(4-8-16)10-12-18/h1-8H,9-12H2. The van der Waals surface area contributed by atoms with Crippen LogP contribution in [0.15, 0.2) is 48.5 Å². The normalized spacial score (nSPS) is 10.4. The van der Waals surface area contributed by atoms with Gasteiger partial charge in [-0.3, -0.25) is 0 Å². The first-order valence-electron chi connectivity index (χ1n) is 6.29. The lowest BCUT2D eigenvalue weighted by Crippen LogP contribution is -1.89. The number of alkyl halides is 2. The number of ether oxygens (including phenoxy) is 1. The highest BCUT2D eigenvalue weighted by molar-refractivity contribution is 9.09. The van der Waals surface area contributed by atoms with Gasteiger partial charge >= 0.3 is 0 Å². The molecule has 100 valence electrons. The summed E-state index contributed by atoms with van der Waals surface area (Å²) >= 11 is 6.89. The Morgan fingerprint density at radius 3 is 1.32 bits per heavy atom. The fourth-order valence-electron chi connectivity index (χ4n) is 1.80. The van der Waals surface area contributed by atoms with Gasteiger partial charge in [0.25, 0.3) is 0 Å². The first kappa shape index (κ1) is 14.6. The number of rotatable bonds is 6. The third-order valence-corrected chi connectivity index (χ3v) is 3.64. The Morgan fingerprint density at radius 1 is 0.632 bits per heavy atom. The van der Waals surface area contributed by atoms with E-state index in [1.54, 1.807) is 0 Å². The molecule has 0 spiro atoms. The highest BCUT2D eigenvalue weighted by Crippen LogP contribution is 2.22. The average molecular weight is 384 g/mol. The SMILES string of the molecule is BrCCc1ccc(Oc2ccc(CCBr)cc2)cc1. The van der Waals surface area contributed by atoms with Crippen LogP contribution in [0.4, 0.5) is 0 Å². The van der Waals surface area contributed by atoms with E-state index in [0.717, 1.165) is 35.0 Å². The highest BCUT2D eigenvalue weighted by Gasteiger charge is 1.99. The molecule has 0 amide bonds. The molecule has 0 radical (unpaired) electrons. The van der Waals surface area contributed by atoms with Crippen molar-refractivity contribution in [2.45, 2.75) is 12.8 Å². The van der Waals surface area contributed by atoms with E-state index in [4.69, 9.17) is 4.74 Å². The average Bonchev–Trinajstić information content (AvgIpc) is 2.44. The van der Waals surface area contributed by atoms with Crippen molar-refractivity contribution < 1.29 is 4.74 Å². The summed E-state index contributed by atoms with van der Waals surface area (Å²) in [7, 11) is 0. The molecular formula is C16H16Br2O. The van der Waals surface area contributed by atoms with E-state index in [2.05, 4.69) is 56.1 Å². The first-order chi connectivity index (χ1) is 9.31. The van der Waals surface area contributed by atoms with E-state index in [-0.39, 0.29) is 0 Å². The van der Waals surface area contributed by atoms with E-state index in [1.807, 2.05) is 24.3 Å². The first-order valence-corrected chi connectivity index (χ1v) is 8.54. The van der Waals surface area contributed by atoms with Crippen molar-refractivity contribution in [2.24, 2.45) is 0 Å². The van der Waals surface area contributed by atoms with Gasteiger partial charge in [-0.15, -0.1) is 0 Å². The maximum atomic E-state index is 5.82. The highest BCUT2D eigenvalue weighted by atomic mass is 79.9. The zero-order valence-corrected chi connectivity index (χ0v) is 13.8. The fourth-order valence-corrected chi connectivity index (χ4v) is 2.72. The molecule has 2 aromatic carbocycles. The second-order valence-corrected chi connectivity index (χ2v) is 5.85. The van der Waals surface area contributed by atoms with Crippen molar-refractivity contribution in [3.63, 3.8) is 0 Å². The van der Waals surface area contributed by atoms with Gasteiger partial charge in [0, 0.05) is 10.7 Å². The van der Waals surface area contributed by atoms with Gasteiger partial charge in [0.05, 0.1) is 0 Å². The van der Waals surface area contributed by atoms with Gasteiger partial charge in [0.2, 0.25) is 0 Å². The molecule has 0 atom stereocenters. The second kappa shape index (κ2) is 7.71. The van der Waals surface area contributed by atoms with Crippen LogP contribution < -0.4 is 4.74 Å². The van der Waals surface area contributed by atoms with E-state index in [0.29, 0.717) is 0 Å². The Kier molecular flexibility index (Phi) is 5.93. The topological polar surface area (TPSA) is 9.23 Å². The Hall–Kier alpha value is -0.800. The molecule has 0 aliphatic carbocycles. The Labute approximate surface area is 131 Å². The number of aryl methyl sites for hydroxylation is 2. The van der Waals surface area contributed by atoms with E-state index < -0.39 is 0 Å². The van der Waals surface area contributed by atoms with Crippen LogP contribution in [0, 0.1) is 0 Å². The van der Waals surface area contributed by atoms with E-state index in [1.165, 1.54) is 11.1 Å². The molecule has 2 aromatic rings. The Morgan fingerprint density at radius 2 is 1.00 bits per heavy atom. The molecule has 3 heteroatoms. The van der Waals surface area contributed by atoms with Gasteiger partial charge in [-0.05, 0) is 48.2 Å². The van der Waals surface area contributed by atoms with Gasteiger partial charge < -0.3 is 4.74 Å². The van der Waals surface area contributed by atoms with Crippen LogP contribution in [-0.4, -0.2) is 10.7 Å². The maximum Gasteiger partial charge on any atom is 0.127 e. The molecule has 0 aliphatic rings. The van der Waals surface area contributed by atoms with Crippen LogP contribution in [0.25, 0.3) is 0 Å². The summed E-state index contributed by atoms with van der Waals surface area (Å²) in [5, 5.41) is 1.98. The monoisotopic (exact) mass is 382 g/mol. The predicted octanol–water partition coefficient (Wildman–Crippen LogP) is 5.35. The summed E-state index contributed by atoms with van der Waals surface area (Å²) in [5.41, 5.74) is 2.63. The quantitative estimate of drug-likeness (QED) is 0.610. The zero-order chi connectivity index (χ0) is 13.5. The minimum absolute atomic E-state index is 0.881. The molecule has 0 N–H and O–H groups in total. The molecule has 1 nitrogen and oxygen atoms in total. The largest absolute Gasteiger partial charge is 0.457 e. The van der Waals surface area contributed by atoms with Crippen molar-refractivity contribution >= 4 is 31.9 Å². The van der Waals surface area contributed by atoms with Gasteiger partial charge in [-0.2, -0.15) is 0 Å². The van der Waals surface area contributed by atoms with Gasteiger partial charge in [0.15, 0.2) is 0 Å². The van der Waals surface area contributed by atoms with Gasteiger partial charge in [-0.1, -0.05) is 56.1 Å². The second-order valence-electron chi connectivity index (χ2n) is 4.27. The smallest absolute Gasteiger partial charge is 0.127 e. The van der Waals surface area contributed by atoms with Crippen LogP contribution in [-0.2, 0) is 12.8 Å². The summed E-state index contributed by atoms with van der Waals surface area (Å²) in [6.07, 6.45) is 2.09. The van der Waals surface area contributed by atoms with Crippen LogP contribution in [0.3, 0.4) is 0 Å². The van der Waals surface area contributed by atoms with E-state index >= 15 is 0 Å². The molecule has 0 bridgehead atoms. The fraction of sp³-hybridized carbons (Fsp3) is 0.250.